The topological polar surface area (TPSA) is 37.0 Å². The van der Waals surface area contributed by atoms with E-state index in [0.717, 1.165) is 52.0 Å². The molecule has 0 radical (unpaired) electrons. The van der Waals surface area contributed by atoms with Crippen LogP contribution in [0.2, 0.25) is 0 Å². The molecule has 0 fully saturated rings. The molecular formula is C25H24BrN3S. The predicted molar refractivity (Wildman–Crippen MR) is 133 cm³/mol. The van der Waals surface area contributed by atoms with Gasteiger partial charge in [0.2, 0.25) is 0 Å². The van der Waals surface area contributed by atoms with Crippen LogP contribution in [0.25, 0.3) is 22.2 Å². The number of anilines is 1. The van der Waals surface area contributed by atoms with Crippen LogP contribution < -0.4 is 10.6 Å². The van der Waals surface area contributed by atoms with Gasteiger partial charge in [-0.2, -0.15) is 11.3 Å². The van der Waals surface area contributed by atoms with E-state index >= 15 is 0 Å². The lowest BCUT2D eigenvalue weighted by molar-refractivity contribution is 0.687. The molecule has 2 aromatic carbocycles. The maximum absolute atomic E-state index is 5.02. The largest absolute Gasteiger partial charge is 0.360 e. The van der Waals surface area contributed by atoms with Crippen LogP contribution in [0.5, 0.6) is 0 Å². The number of rotatable bonds is 8. The van der Waals surface area contributed by atoms with Crippen molar-refractivity contribution in [2.75, 3.05) is 11.9 Å². The van der Waals surface area contributed by atoms with Gasteiger partial charge < -0.3 is 10.6 Å². The van der Waals surface area contributed by atoms with Gasteiger partial charge in [-0.3, -0.25) is 0 Å². The maximum atomic E-state index is 5.02. The minimum Gasteiger partial charge on any atom is -0.360 e. The number of nitrogens with one attached hydrogen (secondary N) is 2. The van der Waals surface area contributed by atoms with Crippen molar-refractivity contribution in [1.82, 2.24) is 10.3 Å². The van der Waals surface area contributed by atoms with Crippen LogP contribution in [0.3, 0.4) is 0 Å². The van der Waals surface area contributed by atoms with Crippen LogP contribution in [-0.4, -0.2) is 11.5 Å². The Balaban J connectivity index is 1.55. The van der Waals surface area contributed by atoms with Gasteiger partial charge in [0.15, 0.2) is 0 Å². The molecule has 4 rings (SSSR count). The van der Waals surface area contributed by atoms with Crippen LogP contribution in [0.15, 0.2) is 82.1 Å². The first-order valence-corrected chi connectivity index (χ1v) is 11.7. The summed E-state index contributed by atoms with van der Waals surface area (Å²) in [7, 11) is 0. The highest BCUT2D eigenvalue weighted by atomic mass is 79.9. The second kappa shape index (κ2) is 9.56. The van der Waals surface area contributed by atoms with Crippen molar-refractivity contribution in [3.8, 4) is 11.3 Å². The number of nitrogens with zero attached hydrogens (tertiary/aromatic N) is 1. The fourth-order valence-corrected chi connectivity index (χ4v) is 4.33. The van der Waals surface area contributed by atoms with Crippen molar-refractivity contribution in [3.05, 3.63) is 93.2 Å². The number of hydrogen-bond donors (Lipinski definition) is 2. The van der Waals surface area contributed by atoms with Gasteiger partial charge in [0, 0.05) is 38.7 Å². The molecule has 0 amide bonds. The third-order valence-electron chi connectivity index (χ3n) is 4.87. The molecule has 0 spiro atoms. The summed E-state index contributed by atoms with van der Waals surface area (Å²) in [5.41, 5.74) is 7.69. The Morgan fingerprint density at radius 3 is 2.67 bits per heavy atom. The molecule has 0 saturated heterocycles. The molecule has 2 aromatic heterocycles. The van der Waals surface area contributed by atoms with E-state index in [4.69, 9.17) is 4.98 Å². The molecular weight excluding hydrogens is 454 g/mol. The number of benzene rings is 2. The van der Waals surface area contributed by atoms with Crippen LogP contribution >= 0.6 is 27.3 Å². The van der Waals surface area contributed by atoms with E-state index < -0.39 is 0 Å². The van der Waals surface area contributed by atoms with Crippen LogP contribution in [0, 0.1) is 0 Å². The lowest BCUT2D eigenvalue weighted by atomic mass is 10.0. The molecule has 3 nitrogen and oxygen atoms in total. The molecule has 5 heteroatoms. The summed E-state index contributed by atoms with van der Waals surface area (Å²) in [5, 5.41) is 12.3. The van der Waals surface area contributed by atoms with Gasteiger partial charge in [0.1, 0.15) is 0 Å². The average molecular weight is 478 g/mol. The summed E-state index contributed by atoms with van der Waals surface area (Å²) in [6.45, 7) is 7.59. The van der Waals surface area contributed by atoms with Gasteiger partial charge in [-0.15, -0.1) is 0 Å². The van der Waals surface area contributed by atoms with E-state index in [2.05, 4.69) is 98.5 Å². The number of halogens is 1. The minimum absolute atomic E-state index is 0.788. The number of pyridine rings is 1. The Morgan fingerprint density at radius 2 is 1.93 bits per heavy atom. The predicted octanol–water partition coefficient (Wildman–Crippen LogP) is 7.00. The number of thiophene rings is 1. The zero-order valence-electron chi connectivity index (χ0n) is 16.9. The van der Waals surface area contributed by atoms with E-state index in [1.54, 1.807) is 11.3 Å². The Hall–Kier alpha value is -2.47. The summed E-state index contributed by atoms with van der Waals surface area (Å²) in [4.78, 5) is 5.02. The molecule has 152 valence electrons. The van der Waals surface area contributed by atoms with Crippen LogP contribution in [0.1, 0.15) is 18.1 Å². The number of aromatic nitrogens is 1. The first-order chi connectivity index (χ1) is 14.6. The second-order valence-electron chi connectivity index (χ2n) is 7.37. The van der Waals surface area contributed by atoms with Crippen molar-refractivity contribution in [2.45, 2.75) is 19.9 Å². The first kappa shape index (κ1) is 20.8. The van der Waals surface area contributed by atoms with Crippen molar-refractivity contribution in [2.24, 2.45) is 0 Å². The molecule has 2 heterocycles. The number of allylic oxidation sites excluding steroid dienone is 1. The molecule has 2 N–H and O–H groups in total. The monoisotopic (exact) mass is 477 g/mol. The summed E-state index contributed by atoms with van der Waals surface area (Å²) < 4.78 is 1.11. The highest BCUT2D eigenvalue weighted by Gasteiger charge is 2.10. The van der Waals surface area contributed by atoms with E-state index in [1.165, 1.54) is 16.7 Å². The fourth-order valence-electron chi connectivity index (χ4n) is 3.43. The lowest BCUT2D eigenvalue weighted by Crippen LogP contribution is -2.17. The highest BCUT2D eigenvalue weighted by molar-refractivity contribution is 9.10. The summed E-state index contributed by atoms with van der Waals surface area (Å²) in [6, 6.07) is 19.2. The average Bonchev–Trinajstić information content (AvgIpc) is 3.26. The van der Waals surface area contributed by atoms with Crippen molar-refractivity contribution in [3.63, 3.8) is 0 Å². The smallest absolute Gasteiger partial charge is 0.0763 e. The quantitative estimate of drug-likeness (QED) is 0.268. The summed E-state index contributed by atoms with van der Waals surface area (Å²) >= 11 is 5.19. The van der Waals surface area contributed by atoms with Crippen molar-refractivity contribution in [1.29, 1.82) is 0 Å². The maximum Gasteiger partial charge on any atom is 0.0763 e. The molecule has 0 aliphatic heterocycles. The van der Waals surface area contributed by atoms with Crippen molar-refractivity contribution < 1.29 is 0 Å². The first-order valence-electron chi connectivity index (χ1n) is 9.92. The minimum atomic E-state index is 0.788. The fraction of sp³-hybridized carbons (Fsp3) is 0.160. The van der Waals surface area contributed by atoms with Gasteiger partial charge in [-0.1, -0.05) is 40.7 Å². The van der Waals surface area contributed by atoms with Gasteiger partial charge in [0.05, 0.1) is 11.2 Å². The molecule has 0 saturated carbocycles. The summed E-state index contributed by atoms with van der Waals surface area (Å²) in [6.07, 6.45) is 0.998. The van der Waals surface area contributed by atoms with E-state index in [1.807, 2.05) is 6.92 Å². The van der Waals surface area contributed by atoms with Gasteiger partial charge in [0.25, 0.3) is 0 Å². The van der Waals surface area contributed by atoms with E-state index in [-0.39, 0.29) is 0 Å². The van der Waals surface area contributed by atoms with Gasteiger partial charge in [-0.25, -0.2) is 4.98 Å². The molecule has 0 aliphatic carbocycles. The van der Waals surface area contributed by atoms with Crippen molar-refractivity contribution >= 4 is 43.9 Å². The SMILES string of the molecule is C=C(C)Nc1ccc2cc(CNCCc3ccc(Br)cc3)c(-c3ccsc3)nc2c1. The Labute approximate surface area is 190 Å². The van der Waals surface area contributed by atoms with E-state index in [9.17, 15) is 0 Å². The third-order valence-corrected chi connectivity index (χ3v) is 6.08. The molecule has 30 heavy (non-hydrogen) atoms. The third kappa shape index (κ3) is 5.17. The zero-order valence-corrected chi connectivity index (χ0v) is 19.3. The standard InChI is InChI=1S/C25H24BrN3S/c1-17(2)28-23-8-5-19-13-21(15-27-11-9-18-3-6-22(26)7-4-18)25(29-24(19)14-23)20-10-12-30-16-20/h3-8,10,12-14,16,27-28H,1,9,11,15H2,2H3. The summed E-state index contributed by atoms with van der Waals surface area (Å²) in [5.74, 6) is 0. The molecule has 0 atom stereocenters. The highest BCUT2D eigenvalue weighted by Crippen LogP contribution is 2.29. The Kier molecular flexibility index (Phi) is 6.62. The molecule has 0 unspecified atom stereocenters. The van der Waals surface area contributed by atoms with Crippen LogP contribution in [0.4, 0.5) is 5.69 Å². The second-order valence-corrected chi connectivity index (χ2v) is 9.07. The Morgan fingerprint density at radius 1 is 1.10 bits per heavy atom. The Bertz CT molecular complexity index is 1150. The number of fused-ring (bicyclic) bond motifs is 1. The molecule has 0 aliphatic rings. The van der Waals surface area contributed by atoms with Gasteiger partial charge in [-0.05, 0) is 72.8 Å². The zero-order chi connectivity index (χ0) is 20.9. The normalized spacial score (nSPS) is 11.0. The number of hydrogen-bond acceptors (Lipinski definition) is 4. The van der Waals surface area contributed by atoms with Gasteiger partial charge >= 0.3 is 0 Å². The molecule has 0 bridgehead atoms. The van der Waals surface area contributed by atoms with Crippen LogP contribution in [-0.2, 0) is 13.0 Å². The van der Waals surface area contributed by atoms with E-state index in [0.29, 0.717) is 0 Å². The lowest BCUT2D eigenvalue weighted by Gasteiger charge is -2.13. The molecule has 4 aromatic rings.